The summed E-state index contributed by atoms with van der Waals surface area (Å²) in [5.74, 6) is -2.73. The Kier molecular flexibility index (Phi) is 8.83. The summed E-state index contributed by atoms with van der Waals surface area (Å²) in [6.07, 6.45) is -5.63. The third-order valence-electron chi connectivity index (χ3n) is 6.96. The molecule has 0 aromatic heterocycles. The zero-order chi connectivity index (χ0) is 32.4. The number of fused-ring (bicyclic) bond motifs is 1. The van der Waals surface area contributed by atoms with Crippen molar-refractivity contribution in [2.24, 2.45) is 0 Å². The van der Waals surface area contributed by atoms with Gasteiger partial charge in [-0.1, -0.05) is 12.1 Å². The minimum Gasteiger partial charge on any atom is -0.508 e. The number of phenols is 4. The van der Waals surface area contributed by atoms with Crippen LogP contribution in [0.1, 0.15) is 5.56 Å². The number of benzene rings is 3. The molecule has 14 nitrogen and oxygen atoms in total. The highest BCUT2D eigenvalue weighted by molar-refractivity contribution is 5.88. The molecule has 5 rings (SSSR count). The second-order valence-corrected chi connectivity index (χ2v) is 10.0. The van der Waals surface area contributed by atoms with Gasteiger partial charge in [0, 0.05) is 17.7 Å². The number of ether oxygens (including phenoxy) is 4. The molecule has 236 valence electrons. The first-order chi connectivity index (χ1) is 21.4. The lowest BCUT2D eigenvalue weighted by molar-refractivity contribution is -0.276. The van der Waals surface area contributed by atoms with E-state index in [0.29, 0.717) is 5.56 Å². The second kappa shape index (κ2) is 12.8. The zero-order valence-electron chi connectivity index (χ0n) is 23.5. The van der Waals surface area contributed by atoms with Crippen LogP contribution in [-0.2, 0) is 9.47 Å². The Morgan fingerprint density at radius 3 is 2.36 bits per heavy atom. The lowest BCUT2D eigenvalue weighted by atomic mass is 9.99. The van der Waals surface area contributed by atoms with Crippen LogP contribution in [0.5, 0.6) is 34.5 Å². The van der Waals surface area contributed by atoms with Crippen LogP contribution >= 0.6 is 0 Å². The lowest BCUT2D eigenvalue weighted by Gasteiger charge is -2.39. The monoisotopic (exact) mass is 625 g/mol. The van der Waals surface area contributed by atoms with Crippen molar-refractivity contribution in [3.05, 3.63) is 76.5 Å². The number of aliphatic hydroxyl groups is 3. The van der Waals surface area contributed by atoms with Crippen molar-refractivity contribution in [3.8, 4) is 57.1 Å². The first-order valence-electron chi connectivity index (χ1n) is 13.4. The molecule has 2 aliphatic heterocycles. The van der Waals surface area contributed by atoms with Gasteiger partial charge in [0.15, 0.2) is 34.5 Å². The number of hydrogen-bond acceptors (Lipinski definition) is 13. The van der Waals surface area contributed by atoms with Gasteiger partial charge in [-0.3, -0.25) is 4.79 Å². The van der Waals surface area contributed by atoms with E-state index in [9.17, 15) is 45.3 Å². The topological polar surface area (TPSA) is 230 Å². The highest BCUT2D eigenvalue weighted by Gasteiger charge is 2.47. The maximum atomic E-state index is 12.0. The molecule has 5 atom stereocenters. The number of aliphatic hydroxyl groups excluding tert-OH is 3. The lowest BCUT2D eigenvalue weighted by Crippen LogP contribution is -2.60. The fourth-order valence-corrected chi connectivity index (χ4v) is 4.59. The number of hydrogen-bond donors (Lipinski definition) is 7. The van der Waals surface area contributed by atoms with Crippen LogP contribution in [0.4, 0.5) is 0 Å². The predicted octanol–water partition coefficient (Wildman–Crippen LogP) is 1.66. The van der Waals surface area contributed by atoms with Gasteiger partial charge in [-0.25, -0.2) is 0 Å². The maximum Gasteiger partial charge on any atom is 0.510 e. The van der Waals surface area contributed by atoms with Gasteiger partial charge in [0.1, 0.15) is 35.6 Å². The van der Waals surface area contributed by atoms with Gasteiger partial charge in [-0.2, -0.15) is 0 Å². The minimum atomic E-state index is -1.83. The molecular formula is C31H29O14+. The molecular weight excluding hydrogens is 596 g/mol. The molecule has 14 heteroatoms. The van der Waals surface area contributed by atoms with E-state index in [1.807, 2.05) is 0 Å². The summed E-state index contributed by atoms with van der Waals surface area (Å²) in [6, 6.07) is 11.8. The van der Waals surface area contributed by atoms with Crippen LogP contribution in [0.15, 0.2) is 69.9 Å². The standard InChI is InChI=1S/C31H28O14/c1-41-22-9-15(8-20(35)26(22)37)30-23(12-18-19(34)10-17(33)11-21(18)43-30)44-31-29(40)28(39)27(38)24(45-31)13-42-25(36)7-4-14-2-5-16(32)6-3-14/h2-12,24,27-29,31-32,34-35,37-40H,13H2,1H3/p+1/t24-,27-,28+,29-,31-/m1/s1. The molecule has 8 N–H and O–H groups in total. The van der Waals surface area contributed by atoms with Crippen molar-refractivity contribution in [1.29, 1.82) is 0 Å². The van der Waals surface area contributed by atoms with E-state index in [4.69, 9.17) is 23.4 Å². The van der Waals surface area contributed by atoms with Crippen molar-refractivity contribution >= 4 is 12.0 Å². The largest absolute Gasteiger partial charge is 0.510 e. The van der Waals surface area contributed by atoms with Crippen LogP contribution in [0.3, 0.4) is 0 Å². The molecule has 1 saturated heterocycles. The normalized spacial score (nSPS) is 21.6. The first kappa shape index (κ1) is 31.2. The van der Waals surface area contributed by atoms with Crippen LogP contribution < -0.4 is 14.9 Å². The number of rotatable bonds is 8. The highest BCUT2D eigenvalue weighted by atomic mass is 16.7. The number of carbonyl (C=O) groups excluding carboxylic acids is 1. The molecule has 0 radical (unpaired) electrons. The number of methoxy groups -OCH3 is 1. The van der Waals surface area contributed by atoms with E-state index in [0.717, 1.165) is 18.2 Å². The van der Waals surface area contributed by atoms with E-state index in [2.05, 4.69) is 0 Å². The van der Waals surface area contributed by atoms with Crippen LogP contribution in [0, 0.1) is 0 Å². The van der Waals surface area contributed by atoms with Gasteiger partial charge >= 0.3 is 5.97 Å². The summed E-state index contributed by atoms with van der Waals surface area (Å²) in [6.45, 7) is -0.498. The Labute approximate surface area is 254 Å². The van der Waals surface area contributed by atoms with Gasteiger partial charge < -0.3 is 63.9 Å². The minimum absolute atomic E-state index is 0.0222. The summed E-state index contributed by atoms with van der Waals surface area (Å²) < 4.78 is 27.8. The Bertz CT molecular complexity index is 1740. The fourth-order valence-electron chi connectivity index (χ4n) is 4.59. The first-order valence-corrected chi connectivity index (χ1v) is 13.4. The predicted molar refractivity (Wildman–Crippen MR) is 156 cm³/mol. The molecule has 2 heterocycles. The number of esters is 1. The average Bonchev–Trinajstić information content (AvgIpc) is 3.01. The Balaban J connectivity index is 1.43. The second-order valence-electron chi connectivity index (χ2n) is 10.0. The van der Waals surface area contributed by atoms with E-state index in [1.54, 1.807) is 12.1 Å². The van der Waals surface area contributed by atoms with Crippen LogP contribution in [-0.4, -0.2) is 90.9 Å². The summed E-state index contributed by atoms with van der Waals surface area (Å²) in [5, 5.41) is 72.0. The van der Waals surface area contributed by atoms with Crippen molar-refractivity contribution in [1.82, 2.24) is 0 Å². The smallest absolute Gasteiger partial charge is 0.508 e. The van der Waals surface area contributed by atoms with Crippen molar-refractivity contribution < 1.29 is 63.9 Å². The molecule has 1 fully saturated rings. The SMILES string of the molecule is COc1cc(-c2oc3cc(=O)cc(O)c-3cc2O[C@@H]2O[C@H](COC(=[OH+])C=Cc3ccc(O)cc3)[C@@H](O)[C@H](O)[C@H]2O)cc(O)c1O. The van der Waals surface area contributed by atoms with E-state index < -0.39 is 66.0 Å². The van der Waals surface area contributed by atoms with Gasteiger partial charge in [0.25, 0.3) is 0 Å². The summed E-state index contributed by atoms with van der Waals surface area (Å²) in [4.78, 5) is 22.2. The molecule has 45 heavy (non-hydrogen) atoms. The summed E-state index contributed by atoms with van der Waals surface area (Å²) in [5.41, 5.74) is 0.158. The molecule has 0 unspecified atom stereocenters. The third kappa shape index (κ3) is 6.63. The molecule has 2 aromatic carbocycles. The van der Waals surface area contributed by atoms with Crippen molar-refractivity contribution in [3.63, 3.8) is 0 Å². The molecule has 0 bridgehead atoms. The molecule has 1 aliphatic carbocycles. The quantitative estimate of drug-likeness (QED) is 0.0640. The molecule has 2 aromatic rings. The van der Waals surface area contributed by atoms with E-state index in [1.165, 1.54) is 43.5 Å². The maximum absolute atomic E-state index is 12.0. The number of phenolic OH excluding ortho intramolecular Hbond substituents is 4. The van der Waals surface area contributed by atoms with E-state index >= 15 is 0 Å². The fraction of sp³-hybridized carbons (Fsp3) is 0.226. The molecule has 3 aliphatic rings. The third-order valence-corrected chi connectivity index (χ3v) is 6.96. The highest BCUT2D eigenvalue weighted by Crippen LogP contribution is 2.45. The van der Waals surface area contributed by atoms with Crippen molar-refractivity contribution in [2.75, 3.05) is 13.7 Å². The summed E-state index contributed by atoms with van der Waals surface area (Å²) >= 11 is 0. The van der Waals surface area contributed by atoms with Crippen LogP contribution in [0.2, 0.25) is 0 Å². The van der Waals surface area contributed by atoms with Gasteiger partial charge in [0.05, 0.1) is 18.7 Å². The number of aromatic hydroxyl groups is 4. The molecule has 0 spiro atoms. The van der Waals surface area contributed by atoms with Gasteiger partial charge in [-0.05, 0) is 42.0 Å². The molecule has 0 saturated carbocycles. The Morgan fingerprint density at radius 1 is 0.911 bits per heavy atom. The van der Waals surface area contributed by atoms with Gasteiger partial charge in [0.2, 0.25) is 18.6 Å². The van der Waals surface area contributed by atoms with Crippen molar-refractivity contribution in [2.45, 2.75) is 30.7 Å². The zero-order valence-corrected chi connectivity index (χ0v) is 23.5. The van der Waals surface area contributed by atoms with Gasteiger partial charge in [-0.15, -0.1) is 0 Å². The average molecular weight is 626 g/mol. The Hall–Kier alpha value is -5.28. The van der Waals surface area contributed by atoms with E-state index in [-0.39, 0.29) is 39.9 Å². The van der Waals surface area contributed by atoms with Crippen LogP contribution in [0.25, 0.3) is 28.7 Å². The summed E-state index contributed by atoms with van der Waals surface area (Å²) in [7, 11) is 1.24. The Morgan fingerprint density at radius 2 is 1.64 bits per heavy atom. The molecule has 0 amide bonds.